The smallest absolute Gasteiger partial charge is 0.331 e. The molecule has 172 valence electrons. The van der Waals surface area contributed by atoms with Gasteiger partial charge in [0.25, 0.3) is 5.56 Å². The lowest BCUT2D eigenvalue weighted by Gasteiger charge is -2.13. The Morgan fingerprint density at radius 2 is 1.73 bits per heavy atom. The van der Waals surface area contributed by atoms with Crippen molar-refractivity contribution in [3.63, 3.8) is 0 Å². The largest absolute Gasteiger partial charge is 0.466 e. The molecule has 0 aliphatic heterocycles. The molecule has 4 aromatic rings. The summed E-state index contributed by atoms with van der Waals surface area (Å²) >= 11 is 0. The van der Waals surface area contributed by atoms with Crippen molar-refractivity contribution >= 4 is 27.6 Å². The van der Waals surface area contributed by atoms with Gasteiger partial charge in [0.05, 0.1) is 23.9 Å². The lowest BCUT2D eigenvalue weighted by atomic mass is 10.0. The van der Waals surface area contributed by atoms with Crippen LogP contribution in [0.2, 0.25) is 0 Å². The number of fused-ring (bicyclic) bond motifs is 2. The van der Waals surface area contributed by atoms with Gasteiger partial charge in [0.1, 0.15) is 0 Å². The normalized spacial score (nSPS) is 11.5. The van der Waals surface area contributed by atoms with Crippen LogP contribution in [-0.2, 0) is 29.2 Å². The molecule has 2 aromatic carbocycles. The van der Waals surface area contributed by atoms with Gasteiger partial charge in [-0.15, -0.1) is 0 Å². The molecule has 0 amide bonds. The lowest BCUT2D eigenvalue weighted by Crippen LogP contribution is -2.40. The molecular weight excluding hydrogens is 418 g/mol. The second kappa shape index (κ2) is 9.48. The van der Waals surface area contributed by atoms with Crippen LogP contribution in [0, 0.1) is 5.92 Å². The molecule has 7 nitrogen and oxygen atoms in total. The summed E-state index contributed by atoms with van der Waals surface area (Å²) in [6.45, 7) is 7.10. The van der Waals surface area contributed by atoms with Gasteiger partial charge >= 0.3 is 11.7 Å². The number of hydrogen-bond acceptors (Lipinski definition) is 4. The fourth-order valence-electron chi connectivity index (χ4n) is 4.25. The van der Waals surface area contributed by atoms with Crippen molar-refractivity contribution < 1.29 is 9.53 Å². The minimum atomic E-state index is -0.423. The Morgan fingerprint density at radius 1 is 0.970 bits per heavy atom. The molecule has 0 aliphatic rings. The average molecular weight is 448 g/mol. The molecule has 0 radical (unpaired) electrons. The van der Waals surface area contributed by atoms with Crippen LogP contribution in [0.15, 0.2) is 64.4 Å². The van der Waals surface area contributed by atoms with Gasteiger partial charge in [0.2, 0.25) is 0 Å². The SMILES string of the molecule is CCOC(=O)CCn1c(=O)c2cn(Cc3cccc4ccccc34)cc2n(CC(C)C)c1=O. The molecule has 0 N–H and O–H groups in total. The Balaban J connectivity index is 1.79. The van der Waals surface area contributed by atoms with E-state index in [-0.39, 0.29) is 31.0 Å². The first-order chi connectivity index (χ1) is 15.9. The molecule has 0 saturated heterocycles. The molecule has 0 fully saturated rings. The highest BCUT2D eigenvalue weighted by atomic mass is 16.5. The van der Waals surface area contributed by atoms with Crippen molar-refractivity contribution in [3.8, 4) is 0 Å². The third kappa shape index (κ3) is 4.62. The topological polar surface area (TPSA) is 75.2 Å². The number of carbonyl (C=O) groups is 1. The summed E-state index contributed by atoms with van der Waals surface area (Å²) in [5.74, 6) is -0.212. The molecule has 0 atom stereocenters. The van der Waals surface area contributed by atoms with Gasteiger partial charge in [-0.25, -0.2) is 4.79 Å². The van der Waals surface area contributed by atoms with Crippen LogP contribution in [0.5, 0.6) is 0 Å². The van der Waals surface area contributed by atoms with Crippen molar-refractivity contribution in [2.45, 2.75) is 46.8 Å². The van der Waals surface area contributed by atoms with Gasteiger partial charge in [-0.2, -0.15) is 0 Å². The maximum atomic E-state index is 13.2. The number of aromatic nitrogens is 3. The van der Waals surface area contributed by atoms with Gasteiger partial charge in [0, 0.05) is 32.0 Å². The zero-order valence-corrected chi connectivity index (χ0v) is 19.3. The van der Waals surface area contributed by atoms with Crippen LogP contribution in [0.4, 0.5) is 0 Å². The van der Waals surface area contributed by atoms with Crippen molar-refractivity contribution in [2.24, 2.45) is 5.92 Å². The van der Waals surface area contributed by atoms with E-state index in [0.717, 1.165) is 20.9 Å². The maximum absolute atomic E-state index is 13.2. The molecule has 4 rings (SSSR count). The zero-order chi connectivity index (χ0) is 23.5. The van der Waals surface area contributed by atoms with Crippen molar-refractivity contribution in [2.75, 3.05) is 6.61 Å². The van der Waals surface area contributed by atoms with Crippen molar-refractivity contribution in [3.05, 3.63) is 81.3 Å². The van der Waals surface area contributed by atoms with E-state index in [2.05, 4.69) is 24.3 Å². The molecule has 0 spiro atoms. The molecule has 2 aromatic heterocycles. The van der Waals surface area contributed by atoms with Gasteiger partial charge in [-0.05, 0) is 29.2 Å². The van der Waals surface area contributed by atoms with Gasteiger partial charge in [0.15, 0.2) is 0 Å². The van der Waals surface area contributed by atoms with E-state index in [1.165, 1.54) is 0 Å². The monoisotopic (exact) mass is 447 g/mol. The number of rotatable bonds is 8. The lowest BCUT2D eigenvalue weighted by molar-refractivity contribution is -0.143. The van der Waals surface area contributed by atoms with E-state index >= 15 is 0 Å². The Bertz CT molecular complexity index is 1420. The molecule has 33 heavy (non-hydrogen) atoms. The summed E-state index contributed by atoms with van der Waals surface area (Å²) in [4.78, 5) is 38.3. The van der Waals surface area contributed by atoms with Gasteiger partial charge < -0.3 is 9.30 Å². The second-order valence-corrected chi connectivity index (χ2v) is 8.67. The summed E-state index contributed by atoms with van der Waals surface area (Å²) in [7, 11) is 0. The number of hydrogen-bond donors (Lipinski definition) is 0. The third-order valence-electron chi connectivity index (χ3n) is 5.71. The molecule has 2 heterocycles. The van der Waals surface area contributed by atoms with Crippen molar-refractivity contribution in [1.29, 1.82) is 0 Å². The molecule has 0 bridgehead atoms. The molecule has 7 heteroatoms. The number of ether oxygens (including phenoxy) is 1. The van der Waals surface area contributed by atoms with E-state index in [9.17, 15) is 14.4 Å². The van der Waals surface area contributed by atoms with Gasteiger partial charge in [-0.1, -0.05) is 56.3 Å². The second-order valence-electron chi connectivity index (χ2n) is 8.67. The predicted octanol–water partition coefficient (Wildman–Crippen LogP) is 3.78. The summed E-state index contributed by atoms with van der Waals surface area (Å²) in [5, 5.41) is 2.79. The number of carbonyl (C=O) groups excluding carboxylic acids is 1. The quantitative estimate of drug-likeness (QED) is 0.385. The van der Waals surface area contributed by atoms with E-state index < -0.39 is 11.7 Å². The predicted molar refractivity (Wildman–Crippen MR) is 130 cm³/mol. The van der Waals surface area contributed by atoms with Crippen molar-refractivity contribution in [1.82, 2.24) is 13.7 Å². The Labute approximate surface area is 191 Å². The fraction of sp³-hybridized carbons (Fsp3) is 0.346. The summed E-state index contributed by atoms with van der Waals surface area (Å²) in [6.07, 6.45) is 3.65. The molecular formula is C26H29N3O4. The molecule has 0 aliphatic carbocycles. The molecule has 0 unspecified atom stereocenters. The molecule has 0 saturated carbocycles. The van der Waals surface area contributed by atoms with Crippen LogP contribution in [0.25, 0.3) is 21.7 Å². The standard InChI is InChI=1S/C26H29N3O4/c1-4-33-24(30)12-13-28-25(31)22-16-27(17-23(22)29(26(28)32)14-18(2)3)15-20-10-7-9-19-8-5-6-11-21(19)20/h5-11,16-18H,4,12-15H2,1-3H3. The highest BCUT2D eigenvalue weighted by molar-refractivity contribution is 5.85. The number of benzene rings is 2. The first kappa shape index (κ1) is 22.6. The minimum Gasteiger partial charge on any atom is -0.466 e. The summed E-state index contributed by atoms with van der Waals surface area (Å²) < 4.78 is 9.72. The number of nitrogens with zero attached hydrogens (tertiary/aromatic N) is 3. The average Bonchev–Trinajstić information content (AvgIpc) is 3.21. The Morgan fingerprint density at radius 3 is 2.48 bits per heavy atom. The van der Waals surface area contributed by atoms with E-state index in [1.54, 1.807) is 17.7 Å². The highest BCUT2D eigenvalue weighted by Crippen LogP contribution is 2.21. The van der Waals surface area contributed by atoms with Crippen LogP contribution >= 0.6 is 0 Å². The van der Waals surface area contributed by atoms with Crippen LogP contribution in [-0.4, -0.2) is 26.3 Å². The first-order valence-corrected chi connectivity index (χ1v) is 11.3. The Hall–Kier alpha value is -3.61. The third-order valence-corrected chi connectivity index (χ3v) is 5.71. The number of esters is 1. The van der Waals surface area contributed by atoms with Crippen LogP contribution in [0.1, 0.15) is 32.8 Å². The maximum Gasteiger partial charge on any atom is 0.331 e. The fourth-order valence-corrected chi connectivity index (χ4v) is 4.25. The van der Waals surface area contributed by atoms with Crippen LogP contribution in [0.3, 0.4) is 0 Å². The van der Waals surface area contributed by atoms with E-state index in [4.69, 9.17) is 4.74 Å². The van der Waals surface area contributed by atoms with E-state index in [0.29, 0.717) is 24.0 Å². The Kier molecular flexibility index (Phi) is 6.49. The summed E-state index contributed by atoms with van der Waals surface area (Å²) in [6, 6.07) is 14.4. The zero-order valence-electron chi connectivity index (χ0n) is 19.3. The highest BCUT2D eigenvalue weighted by Gasteiger charge is 2.17. The first-order valence-electron chi connectivity index (χ1n) is 11.3. The summed E-state index contributed by atoms with van der Waals surface area (Å²) in [5.41, 5.74) is 0.976. The van der Waals surface area contributed by atoms with Crippen LogP contribution < -0.4 is 11.2 Å². The van der Waals surface area contributed by atoms with Gasteiger partial charge in [-0.3, -0.25) is 18.7 Å². The van der Waals surface area contributed by atoms with E-state index in [1.807, 2.05) is 42.8 Å². The minimum absolute atomic E-state index is 0.000954.